The summed E-state index contributed by atoms with van der Waals surface area (Å²) < 4.78 is 12.8. The molecule has 0 aliphatic carbocycles. The van der Waals surface area contributed by atoms with Crippen LogP contribution in [0.2, 0.25) is 0 Å². The number of halogens is 1. The van der Waals surface area contributed by atoms with Crippen molar-refractivity contribution in [1.29, 1.82) is 0 Å². The third-order valence-corrected chi connectivity index (χ3v) is 3.31. The number of nitrogens with two attached hydrogens (primary N) is 1. The van der Waals surface area contributed by atoms with E-state index in [9.17, 15) is 9.18 Å². The maximum Gasteiger partial charge on any atom is 0.319 e. The number of anilines is 1. The van der Waals surface area contributed by atoms with E-state index in [0.717, 1.165) is 5.56 Å². The molecule has 2 rings (SSSR count). The largest absolute Gasteiger partial charge is 0.328 e. The number of amides is 2. The Labute approximate surface area is 123 Å². The topological polar surface area (TPSA) is 67.1 Å². The van der Waals surface area contributed by atoms with Crippen LogP contribution in [0.15, 0.2) is 54.6 Å². The Morgan fingerprint density at radius 3 is 2.33 bits per heavy atom. The van der Waals surface area contributed by atoms with Gasteiger partial charge in [-0.2, -0.15) is 0 Å². The van der Waals surface area contributed by atoms with Crippen molar-refractivity contribution in [3.05, 3.63) is 66.0 Å². The molecule has 2 aromatic rings. The van der Waals surface area contributed by atoms with Crippen molar-refractivity contribution in [2.45, 2.75) is 12.5 Å². The average Bonchev–Trinajstić information content (AvgIpc) is 2.50. The second-order valence-electron chi connectivity index (χ2n) is 4.99. The molecule has 1 unspecified atom stereocenters. The predicted molar refractivity (Wildman–Crippen MR) is 81.4 cm³/mol. The number of hydrogen-bond acceptors (Lipinski definition) is 2. The van der Waals surface area contributed by atoms with E-state index in [-0.39, 0.29) is 12.4 Å². The molecule has 21 heavy (non-hydrogen) atoms. The number of hydrogen-bond donors (Lipinski definition) is 3. The van der Waals surface area contributed by atoms with Crippen LogP contribution in [0.3, 0.4) is 0 Å². The molecule has 4 nitrogen and oxygen atoms in total. The van der Waals surface area contributed by atoms with Crippen LogP contribution in [0.25, 0.3) is 0 Å². The molecule has 0 saturated carbocycles. The van der Waals surface area contributed by atoms with E-state index in [4.69, 9.17) is 5.73 Å². The van der Waals surface area contributed by atoms with Crippen LogP contribution in [-0.4, -0.2) is 12.6 Å². The maximum absolute atomic E-state index is 12.8. The third kappa shape index (κ3) is 3.79. The molecule has 110 valence electrons. The van der Waals surface area contributed by atoms with E-state index in [1.165, 1.54) is 24.3 Å². The van der Waals surface area contributed by atoms with E-state index in [1.807, 2.05) is 37.3 Å². The summed E-state index contributed by atoms with van der Waals surface area (Å²) in [5.41, 5.74) is 6.57. The zero-order chi connectivity index (χ0) is 15.3. The molecular weight excluding hydrogens is 269 g/mol. The van der Waals surface area contributed by atoms with Crippen LogP contribution < -0.4 is 16.4 Å². The highest BCUT2D eigenvalue weighted by Gasteiger charge is 2.26. The fourth-order valence-electron chi connectivity index (χ4n) is 1.99. The van der Waals surface area contributed by atoms with E-state index in [0.29, 0.717) is 5.69 Å². The Morgan fingerprint density at radius 1 is 1.14 bits per heavy atom. The number of carbonyl (C=O) groups excluding carboxylic acids is 1. The van der Waals surface area contributed by atoms with Gasteiger partial charge in [0.1, 0.15) is 5.82 Å². The van der Waals surface area contributed by atoms with Crippen molar-refractivity contribution in [3.8, 4) is 0 Å². The molecule has 1 atom stereocenters. The third-order valence-electron chi connectivity index (χ3n) is 3.31. The minimum atomic E-state index is -0.675. The van der Waals surface area contributed by atoms with Crippen molar-refractivity contribution in [1.82, 2.24) is 5.32 Å². The van der Waals surface area contributed by atoms with Crippen molar-refractivity contribution in [2.75, 3.05) is 11.9 Å². The standard InChI is InChI=1S/C16H18FN3O/c1-16(11-18,12-5-3-2-4-6-12)20-15(21)19-14-9-7-13(17)8-10-14/h2-10H,11,18H2,1H3,(H2,19,20,21). The molecule has 2 aromatic carbocycles. The molecule has 0 bridgehead atoms. The Kier molecular flexibility index (Phi) is 4.55. The number of nitrogens with one attached hydrogen (secondary N) is 2. The highest BCUT2D eigenvalue weighted by atomic mass is 19.1. The lowest BCUT2D eigenvalue weighted by Crippen LogP contribution is -2.50. The lowest BCUT2D eigenvalue weighted by Gasteiger charge is -2.30. The van der Waals surface area contributed by atoms with Crippen LogP contribution in [-0.2, 0) is 5.54 Å². The van der Waals surface area contributed by atoms with E-state index in [1.54, 1.807) is 0 Å². The van der Waals surface area contributed by atoms with Gasteiger partial charge in [0.15, 0.2) is 0 Å². The minimum absolute atomic E-state index is 0.258. The first kappa shape index (κ1) is 15.0. The minimum Gasteiger partial charge on any atom is -0.328 e. The van der Waals surface area contributed by atoms with Gasteiger partial charge < -0.3 is 16.4 Å². The van der Waals surface area contributed by atoms with Gasteiger partial charge in [-0.3, -0.25) is 0 Å². The summed E-state index contributed by atoms with van der Waals surface area (Å²) in [7, 11) is 0. The van der Waals surface area contributed by atoms with Crippen LogP contribution in [0, 0.1) is 5.82 Å². The van der Waals surface area contributed by atoms with Crippen LogP contribution in [0.5, 0.6) is 0 Å². The summed E-state index contributed by atoms with van der Waals surface area (Å²) in [6.45, 7) is 2.11. The van der Waals surface area contributed by atoms with E-state index < -0.39 is 11.6 Å². The van der Waals surface area contributed by atoms with Crippen molar-refractivity contribution >= 4 is 11.7 Å². The molecule has 0 heterocycles. The number of benzene rings is 2. The van der Waals surface area contributed by atoms with Gasteiger partial charge in [-0.15, -0.1) is 0 Å². The fraction of sp³-hybridized carbons (Fsp3) is 0.188. The van der Waals surface area contributed by atoms with Gasteiger partial charge in [0.05, 0.1) is 5.54 Å². The van der Waals surface area contributed by atoms with Crippen molar-refractivity contribution in [2.24, 2.45) is 5.73 Å². The predicted octanol–water partition coefficient (Wildman–Crippen LogP) is 2.82. The molecule has 2 amide bonds. The first-order valence-corrected chi connectivity index (χ1v) is 6.64. The smallest absolute Gasteiger partial charge is 0.319 e. The van der Waals surface area contributed by atoms with Crippen molar-refractivity contribution < 1.29 is 9.18 Å². The number of rotatable bonds is 4. The summed E-state index contributed by atoms with van der Waals surface area (Å²) in [4.78, 5) is 12.1. The highest BCUT2D eigenvalue weighted by molar-refractivity contribution is 5.89. The molecule has 0 spiro atoms. The summed E-state index contributed by atoms with van der Waals surface area (Å²) in [6, 6.07) is 14.7. The number of carbonyl (C=O) groups is 1. The molecule has 4 N–H and O–H groups in total. The Morgan fingerprint density at radius 2 is 1.76 bits per heavy atom. The molecule has 0 radical (unpaired) electrons. The summed E-state index contributed by atoms with van der Waals surface area (Å²) in [5.74, 6) is -0.350. The van der Waals surface area contributed by atoms with Gasteiger partial charge in [0.25, 0.3) is 0 Å². The van der Waals surface area contributed by atoms with E-state index in [2.05, 4.69) is 10.6 Å². The van der Waals surface area contributed by atoms with Crippen LogP contribution in [0.1, 0.15) is 12.5 Å². The molecule has 0 aliphatic rings. The lowest BCUT2D eigenvalue weighted by molar-refractivity contribution is 0.240. The molecular formula is C16H18FN3O. The summed E-state index contributed by atoms with van der Waals surface area (Å²) >= 11 is 0. The Balaban J connectivity index is 2.08. The van der Waals surface area contributed by atoms with Crippen LogP contribution >= 0.6 is 0 Å². The zero-order valence-electron chi connectivity index (χ0n) is 11.8. The lowest BCUT2D eigenvalue weighted by atomic mass is 9.92. The molecule has 0 aliphatic heterocycles. The molecule has 0 aromatic heterocycles. The zero-order valence-corrected chi connectivity index (χ0v) is 11.8. The Hall–Kier alpha value is -2.40. The first-order valence-electron chi connectivity index (χ1n) is 6.64. The quantitative estimate of drug-likeness (QED) is 0.809. The average molecular weight is 287 g/mol. The normalized spacial score (nSPS) is 13.3. The van der Waals surface area contributed by atoms with Gasteiger partial charge in [0.2, 0.25) is 0 Å². The number of urea groups is 1. The van der Waals surface area contributed by atoms with Gasteiger partial charge in [0, 0.05) is 12.2 Å². The van der Waals surface area contributed by atoms with Gasteiger partial charge in [-0.05, 0) is 36.8 Å². The Bertz CT molecular complexity index is 601. The van der Waals surface area contributed by atoms with Gasteiger partial charge in [-0.1, -0.05) is 30.3 Å². The van der Waals surface area contributed by atoms with Crippen molar-refractivity contribution in [3.63, 3.8) is 0 Å². The summed E-state index contributed by atoms with van der Waals surface area (Å²) in [6.07, 6.45) is 0. The summed E-state index contributed by atoms with van der Waals surface area (Å²) in [5, 5.41) is 5.51. The fourth-order valence-corrected chi connectivity index (χ4v) is 1.99. The van der Waals surface area contributed by atoms with E-state index >= 15 is 0 Å². The molecule has 5 heteroatoms. The molecule has 0 fully saturated rings. The first-order chi connectivity index (χ1) is 10.0. The van der Waals surface area contributed by atoms with Gasteiger partial charge in [-0.25, -0.2) is 9.18 Å². The van der Waals surface area contributed by atoms with Crippen LogP contribution in [0.4, 0.5) is 14.9 Å². The van der Waals surface area contributed by atoms with Gasteiger partial charge >= 0.3 is 6.03 Å². The second kappa shape index (κ2) is 6.37. The second-order valence-corrected chi connectivity index (χ2v) is 4.99. The highest BCUT2D eigenvalue weighted by Crippen LogP contribution is 2.19. The molecule has 0 saturated heterocycles. The maximum atomic E-state index is 12.8. The monoisotopic (exact) mass is 287 g/mol. The SMILES string of the molecule is CC(CN)(NC(=O)Nc1ccc(F)cc1)c1ccccc1.